The predicted octanol–water partition coefficient (Wildman–Crippen LogP) is 4.04. The number of guanidine groups is 1. The third-order valence-corrected chi connectivity index (χ3v) is 3.68. The van der Waals surface area contributed by atoms with E-state index >= 15 is 0 Å². The quantitative estimate of drug-likeness (QED) is 0.310. The van der Waals surface area contributed by atoms with E-state index < -0.39 is 0 Å². The van der Waals surface area contributed by atoms with Gasteiger partial charge < -0.3 is 16.0 Å². The average molecular weight is 438 g/mol. The van der Waals surface area contributed by atoms with Crippen LogP contribution in [0.5, 0.6) is 0 Å². The van der Waals surface area contributed by atoms with E-state index in [1.807, 2.05) is 38.4 Å². The second kappa shape index (κ2) is 10.2. The van der Waals surface area contributed by atoms with Crippen molar-refractivity contribution in [2.24, 2.45) is 10.7 Å². The summed E-state index contributed by atoms with van der Waals surface area (Å²) in [5.74, 6) is 0.469. The summed E-state index contributed by atoms with van der Waals surface area (Å²) in [6.45, 7) is 2.78. The van der Waals surface area contributed by atoms with Crippen molar-refractivity contribution in [2.75, 3.05) is 30.9 Å². The molecule has 0 saturated heterocycles. The van der Waals surface area contributed by atoms with E-state index in [9.17, 15) is 0 Å². The molecule has 0 radical (unpaired) electrons. The highest BCUT2D eigenvalue weighted by Gasteiger charge is 1.98. The Morgan fingerprint density at radius 3 is 2.25 bits per heavy atom. The van der Waals surface area contributed by atoms with Crippen LogP contribution in [-0.4, -0.2) is 26.6 Å². The minimum Gasteiger partial charge on any atom is -0.378 e. The van der Waals surface area contributed by atoms with E-state index in [4.69, 9.17) is 5.73 Å². The highest BCUT2D eigenvalue weighted by molar-refractivity contribution is 14.0. The first kappa shape index (κ1) is 20.3. The zero-order valence-corrected chi connectivity index (χ0v) is 17.0. The first-order valence-electron chi connectivity index (χ1n) is 7.94. The van der Waals surface area contributed by atoms with Crippen molar-refractivity contribution in [3.05, 3.63) is 59.7 Å². The normalized spacial score (nSPS) is 10.9. The van der Waals surface area contributed by atoms with Crippen molar-refractivity contribution >= 4 is 41.3 Å². The molecule has 0 bridgehead atoms. The Balaban J connectivity index is 0.00000288. The molecule has 2 aromatic rings. The number of anilines is 2. The maximum Gasteiger partial charge on any atom is 0.193 e. The summed E-state index contributed by atoms with van der Waals surface area (Å²) in [5.41, 5.74) is 10.7. The zero-order valence-electron chi connectivity index (χ0n) is 14.6. The monoisotopic (exact) mass is 438 g/mol. The minimum absolute atomic E-state index is 0. The van der Waals surface area contributed by atoms with Crippen LogP contribution in [0, 0.1) is 6.92 Å². The minimum atomic E-state index is 0. The van der Waals surface area contributed by atoms with Crippen LogP contribution >= 0.6 is 24.0 Å². The molecule has 0 aliphatic carbocycles. The second-order valence-corrected chi connectivity index (χ2v) is 5.92. The van der Waals surface area contributed by atoms with E-state index in [-0.39, 0.29) is 24.0 Å². The van der Waals surface area contributed by atoms with Gasteiger partial charge in [-0.25, -0.2) is 0 Å². The molecule has 24 heavy (non-hydrogen) atoms. The number of rotatable bonds is 6. The van der Waals surface area contributed by atoms with Gasteiger partial charge in [-0.2, -0.15) is 0 Å². The molecule has 0 unspecified atom stereocenters. The molecule has 0 aliphatic rings. The van der Waals surface area contributed by atoms with Gasteiger partial charge in [-0.05, 0) is 49.6 Å². The smallest absolute Gasteiger partial charge is 0.193 e. The van der Waals surface area contributed by atoms with E-state index in [0.717, 1.165) is 25.1 Å². The first-order chi connectivity index (χ1) is 11.0. The lowest BCUT2D eigenvalue weighted by Crippen LogP contribution is -2.22. The summed E-state index contributed by atoms with van der Waals surface area (Å²) in [4.78, 5) is 6.48. The van der Waals surface area contributed by atoms with Crippen LogP contribution in [-0.2, 0) is 6.42 Å². The molecule has 3 N–H and O–H groups in total. The lowest BCUT2D eigenvalue weighted by molar-refractivity contribution is 0.832. The number of nitrogens with two attached hydrogens (primary N) is 1. The van der Waals surface area contributed by atoms with Crippen LogP contribution in [0.2, 0.25) is 0 Å². The van der Waals surface area contributed by atoms with Crippen molar-refractivity contribution < 1.29 is 0 Å². The molecule has 5 heteroatoms. The topological polar surface area (TPSA) is 53.6 Å². The predicted molar refractivity (Wildman–Crippen MR) is 116 cm³/mol. The van der Waals surface area contributed by atoms with Crippen LogP contribution < -0.4 is 16.0 Å². The van der Waals surface area contributed by atoms with E-state index in [1.165, 1.54) is 16.8 Å². The molecule has 4 nitrogen and oxygen atoms in total. The zero-order chi connectivity index (χ0) is 16.7. The number of hydrogen-bond acceptors (Lipinski definition) is 2. The number of hydrogen-bond donors (Lipinski definition) is 2. The Hall–Kier alpha value is -1.76. The van der Waals surface area contributed by atoms with Crippen LogP contribution in [0.1, 0.15) is 17.5 Å². The van der Waals surface area contributed by atoms with Crippen LogP contribution in [0.25, 0.3) is 0 Å². The number of nitrogens with zero attached hydrogens (tertiary/aromatic N) is 2. The van der Waals surface area contributed by atoms with Gasteiger partial charge in [0, 0.05) is 32.0 Å². The molecule has 0 saturated carbocycles. The second-order valence-electron chi connectivity index (χ2n) is 5.92. The molecule has 0 atom stereocenters. The van der Waals surface area contributed by atoms with Gasteiger partial charge in [0.25, 0.3) is 0 Å². The van der Waals surface area contributed by atoms with Gasteiger partial charge >= 0.3 is 0 Å². The molecule has 0 fully saturated rings. The molecular formula is C19H27IN4. The Bertz CT molecular complexity index is 633. The van der Waals surface area contributed by atoms with Gasteiger partial charge in [0.15, 0.2) is 5.96 Å². The van der Waals surface area contributed by atoms with Crippen molar-refractivity contribution in [1.29, 1.82) is 0 Å². The molecule has 0 aromatic heterocycles. The summed E-state index contributed by atoms with van der Waals surface area (Å²) in [7, 11) is 4.10. The Labute approximate surface area is 162 Å². The van der Waals surface area contributed by atoms with E-state index in [1.54, 1.807) is 0 Å². The summed E-state index contributed by atoms with van der Waals surface area (Å²) < 4.78 is 0. The first-order valence-corrected chi connectivity index (χ1v) is 7.94. The highest BCUT2D eigenvalue weighted by atomic mass is 127. The SMILES string of the molecule is Cc1ccc(NC(N)=NCCCc2ccc(N(C)C)cc2)cc1.I. The molecule has 0 heterocycles. The third-order valence-electron chi connectivity index (χ3n) is 3.68. The Morgan fingerprint density at radius 2 is 1.67 bits per heavy atom. The number of nitrogens with one attached hydrogen (secondary N) is 1. The van der Waals surface area contributed by atoms with Crippen molar-refractivity contribution in [3.8, 4) is 0 Å². The largest absolute Gasteiger partial charge is 0.378 e. The standard InChI is InChI=1S/C19H26N4.HI/c1-15-6-10-17(11-7-15)22-19(20)21-14-4-5-16-8-12-18(13-9-16)23(2)3;/h6-13H,4-5,14H2,1-3H3,(H3,20,21,22);1H. The van der Waals surface area contributed by atoms with Gasteiger partial charge in [0.1, 0.15) is 0 Å². The fourth-order valence-corrected chi connectivity index (χ4v) is 2.27. The summed E-state index contributed by atoms with van der Waals surface area (Å²) in [6.07, 6.45) is 1.99. The summed E-state index contributed by atoms with van der Waals surface area (Å²) >= 11 is 0. The van der Waals surface area contributed by atoms with Gasteiger partial charge in [0.2, 0.25) is 0 Å². The van der Waals surface area contributed by atoms with Crippen LogP contribution in [0.4, 0.5) is 11.4 Å². The number of halogens is 1. The maximum absolute atomic E-state index is 5.91. The van der Waals surface area contributed by atoms with Gasteiger partial charge in [-0.15, -0.1) is 24.0 Å². The fraction of sp³-hybridized carbons (Fsp3) is 0.316. The van der Waals surface area contributed by atoms with Crippen LogP contribution in [0.15, 0.2) is 53.5 Å². The van der Waals surface area contributed by atoms with Gasteiger partial charge in [0.05, 0.1) is 0 Å². The molecule has 0 amide bonds. The molecular weight excluding hydrogens is 411 g/mol. The Morgan fingerprint density at radius 1 is 1.04 bits per heavy atom. The van der Waals surface area contributed by atoms with Crippen molar-refractivity contribution in [2.45, 2.75) is 19.8 Å². The molecule has 130 valence electrons. The summed E-state index contributed by atoms with van der Waals surface area (Å²) in [6, 6.07) is 16.7. The van der Waals surface area contributed by atoms with Crippen LogP contribution in [0.3, 0.4) is 0 Å². The number of aliphatic imine (C=N–C) groups is 1. The molecule has 2 aromatic carbocycles. The van der Waals surface area contributed by atoms with Crippen molar-refractivity contribution in [3.63, 3.8) is 0 Å². The highest BCUT2D eigenvalue weighted by Crippen LogP contribution is 2.13. The van der Waals surface area contributed by atoms with E-state index in [0.29, 0.717) is 5.96 Å². The Kier molecular flexibility index (Phi) is 8.60. The van der Waals surface area contributed by atoms with E-state index in [2.05, 4.69) is 46.4 Å². The third kappa shape index (κ3) is 6.78. The number of benzene rings is 2. The average Bonchev–Trinajstić information content (AvgIpc) is 2.54. The maximum atomic E-state index is 5.91. The fourth-order valence-electron chi connectivity index (χ4n) is 2.27. The lowest BCUT2D eigenvalue weighted by atomic mass is 10.1. The lowest BCUT2D eigenvalue weighted by Gasteiger charge is -2.12. The number of aryl methyl sites for hydroxylation is 2. The molecule has 2 rings (SSSR count). The van der Waals surface area contributed by atoms with Gasteiger partial charge in [-0.1, -0.05) is 29.8 Å². The summed E-state index contributed by atoms with van der Waals surface area (Å²) in [5, 5.41) is 3.11. The van der Waals surface area contributed by atoms with Gasteiger partial charge in [-0.3, -0.25) is 4.99 Å². The van der Waals surface area contributed by atoms with Crippen molar-refractivity contribution in [1.82, 2.24) is 0 Å². The molecule has 0 spiro atoms. The molecule has 0 aliphatic heterocycles.